The van der Waals surface area contributed by atoms with Gasteiger partial charge in [0.25, 0.3) is 0 Å². The lowest BCUT2D eigenvalue weighted by molar-refractivity contribution is -0.133. The van der Waals surface area contributed by atoms with Crippen molar-refractivity contribution < 1.29 is 13.9 Å². The molecule has 1 aliphatic heterocycles. The highest BCUT2D eigenvalue weighted by Crippen LogP contribution is 2.15. The SMILES string of the molecule is Cc1ccc(CN(CCc2ccccc2)C(=O)CN(CCN2CCOCC2)Cc2cccc(Cl)c2)o1. The number of nitrogens with zero attached hydrogens (tertiary/aromatic N) is 3. The summed E-state index contributed by atoms with van der Waals surface area (Å²) in [5, 5.41) is 0.713. The topological polar surface area (TPSA) is 49.2 Å². The van der Waals surface area contributed by atoms with E-state index in [1.807, 2.05) is 60.4 Å². The van der Waals surface area contributed by atoms with E-state index in [1.165, 1.54) is 5.56 Å². The van der Waals surface area contributed by atoms with Gasteiger partial charge in [0.1, 0.15) is 11.5 Å². The molecule has 2 aromatic carbocycles. The van der Waals surface area contributed by atoms with Gasteiger partial charge in [0, 0.05) is 44.3 Å². The van der Waals surface area contributed by atoms with E-state index in [4.69, 9.17) is 20.8 Å². The minimum Gasteiger partial charge on any atom is -0.464 e. The zero-order valence-electron chi connectivity index (χ0n) is 21.1. The van der Waals surface area contributed by atoms with Crippen LogP contribution in [0.5, 0.6) is 0 Å². The minimum absolute atomic E-state index is 0.101. The summed E-state index contributed by atoms with van der Waals surface area (Å²) in [5.74, 6) is 1.76. The zero-order valence-corrected chi connectivity index (χ0v) is 21.8. The number of morpholine rings is 1. The van der Waals surface area contributed by atoms with Gasteiger partial charge in [-0.15, -0.1) is 0 Å². The summed E-state index contributed by atoms with van der Waals surface area (Å²) in [6.45, 7) is 9.13. The number of rotatable bonds is 12. The van der Waals surface area contributed by atoms with Gasteiger partial charge in [0.15, 0.2) is 0 Å². The van der Waals surface area contributed by atoms with E-state index >= 15 is 0 Å². The highest BCUT2D eigenvalue weighted by molar-refractivity contribution is 6.30. The van der Waals surface area contributed by atoms with E-state index in [1.54, 1.807) is 0 Å². The Morgan fingerprint density at radius 1 is 0.944 bits per heavy atom. The van der Waals surface area contributed by atoms with Crippen molar-refractivity contribution in [2.45, 2.75) is 26.4 Å². The molecule has 192 valence electrons. The predicted octanol–water partition coefficient (Wildman–Crippen LogP) is 4.65. The van der Waals surface area contributed by atoms with Crippen LogP contribution in [-0.4, -0.2) is 73.1 Å². The van der Waals surface area contributed by atoms with Crippen molar-refractivity contribution in [3.63, 3.8) is 0 Å². The molecule has 2 heterocycles. The van der Waals surface area contributed by atoms with Gasteiger partial charge in [-0.25, -0.2) is 0 Å². The van der Waals surface area contributed by atoms with Gasteiger partial charge >= 0.3 is 0 Å². The maximum atomic E-state index is 13.7. The molecule has 0 unspecified atom stereocenters. The summed E-state index contributed by atoms with van der Waals surface area (Å²) >= 11 is 6.25. The first-order valence-corrected chi connectivity index (χ1v) is 13.1. The Kier molecular flexibility index (Phi) is 9.99. The van der Waals surface area contributed by atoms with Crippen LogP contribution in [0.3, 0.4) is 0 Å². The fourth-order valence-corrected chi connectivity index (χ4v) is 4.68. The smallest absolute Gasteiger partial charge is 0.237 e. The van der Waals surface area contributed by atoms with Gasteiger partial charge < -0.3 is 14.1 Å². The average Bonchev–Trinajstić information content (AvgIpc) is 3.30. The van der Waals surface area contributed by atoms with Crippen LogP contribution in [0, 0.1) is 6.92 Å². The number of furan rings is 1. The standard InChI is InChI=1S/C29H36ClN3O3/c1-24-10-11-28(36-24)22-33(13-12-25-6-3-2-4-7-25)29(34)23-32(15-14-31-16-18-35-19-17-31)21-26-8-5-9-27(30)20-26/h2-11,20H,12-19,21-23H2,1H3. The fraction of sp³-hybridized carbons (Fsp3) is 0.414. The molecule has 6 nitrogen and oxygen atoms in total. The van der Waals surface area contributed by atoms with Crippen LogP contribution in [0.25, 0.3) is 0 Å². The van der Waals surface area contributed by atoms with Crippen LogP contribution in [0.2, 0.25) is 5.02 Å². The number of benzene rings is 2. The Labute approximate surface area is 219 Å². The van der Waals surface area contributed by atoms with Crippen LogP contribution in [0.1, 0.15) is 22.6 Å². The largest absolute Gasteiger partial charge is 0.464 e. The van der Waals surface area contributed by atoms with Crippen LogP contribution in [0.4, 0.5) is 0 Å². The average molecular weight is 510 g/mol. The summed E-state index contributed by atoms with van der Waals surface area (Å²) in [4.78, 5) is 20.2. The maximum Gasteiger partial charge on any atom is 0.237 e. The summed E-state index contributed by atoms with van der Waals surface area (Å²) in [6.07, 6.45) is 0.800. The first-order chi connectivity index (χ1) is 17.5. The van der Waals surface area contributed by atoms with Crippen molar-refractivity contribution >= 4 is 17.5 Å². The van der Waals surface area contributed by atoms with Crippen molar-refractivity contribution in [3.8, 4) is 0 Å². The summed E-state index contributed by atoms with van der Waals surface area (Å²) < 4.78 is 11.3. The van der Waals surface area contributed by atoms with Crippen molar-refractivity contribution in [2.75, 3.05) is 52.5 Å². The van der Waals surface area contributed by atoms with E-state index in [0.717, 1.165) is 62.9 Å². The summed E-state index contributed by atoms with van der Waals surface area (Å²) in [5.41, 5.74) is 2.32. The molecule has 7 heteroatoms. The zero-order chi connectivity index (χ0) is 25.2. The van der Waals surface area contributed by atoms with Crippen LogP contribution in [0.15, 0.2) is 71.1 Å². The molecule has 36 heavy (non-hydrogen) atoms. The van der Waals surface area contributed by atoms with Gasteiger partial charge in [-0.05, 0) is 48.7 Å². The van der Waals surface area contributed by atoms with Crippen molar-refractivity contribution in [3.05, 3.63) is 94.4 Å². The molecule has 0 N–H and O–H groups in total. The number of amides is 1. The van der Waals surface area contributed by atoms with Gasteiger partial charge in [0.05, 0.1) is 26.3 Å². The van der Waals surface area contributed by atoms with Crippen molar-refractivity contribution in [1.29, 1.82) is 0 Å². The molecule has 0 spiro atoms. The Morgan fingerprint density at radius 2 is 1.72 bits per heavy atom. The monoisotopic (exact) mass is 509 g/mol. The number of carbonyl (C=O) groups excluding carboxylic acids is 1. The molecule has 4 rings (SSSR count). The number of halogens is 1. The second-order valence-corrected chi connectivity index (χ2v) is 9.79. The number of ether oxygens (including phenoxy) is 1. The van der Waals surface area contributed by atoms with Crippen molar-refractivity contribution in [2.24, 2.45) is 0 Å². The molecule has 0 atom stereocenters. The Bertz CT molecular complexity index is 1080. The van der Waals surface area contributed by atoms with E-state index < -0.39 is 0 Å². The van der Waals surface area contributed by atoms with Gasteiger partial charge in [-0.2, -0.15) is 0 Å². The lowest BCUT2D eigenvalue weighted by Crippen LogP contribution is -2.45. The molecule has 0 bridgehead atoms. The lowest BCUT2D eigenvalue weighted by Gasteiger charge is -2.31. The molecule has 0 radical (unpaired) electrons. The second-order valence-electron chi connectivity index (χ2n) is 9.36. The van der Waals surface area contributed by atoms with Gasteiger partial charge in [0.2, 0.25) is 5.91 Å². The third kappa shape index (κ3) is 8.49. The molecule has 1 saturated heterocycles. The molecule has 3 aromatic rings. The third-order valence-electron chi connectivity index (χ3n) is 6.50. The normalized spacial score (nSPS) is 14.3. The summed E-state index contributed by atoms with van der Waals surface area (Å²) in [7, 11) is 0. The third-order valence-corrected chi connectivity index (χ3v) is 6.73. The van der Waals surface area contributed by atoms with E-state index in [0.29, 0.717) is 31.2 Å². The molecular formula is C29H36ClN3O3. The molecule has 1 aliphatic rings. The molecule has 1 fully saturated rings. The first-order valence-electron chi connectivity index (χ1n) is 12.7. The van der Waals surface area contributed by atoms with Gasteiger partial charge in [-0.3, -0.25) is 14.6 Å². The Morgan fingerprint density at radius 3 is 2.44 bits per heavy atom. The fourth-order valence-electron chi connectivity index (χ4n) is 4.47. The molecule has 1 amide bonds. The number of aryl methyl sites for hydroxylation is 1. The minimum atomic E-state index is 0.101. The number of hydrogen-bond donors (Lipinski definition) is 0. The highest BCUT2D eigenvalue weighted by Gasteiger charge is 2.21. The van der Waals surface area contributed by atoms with E-state index in [-0.39, 0.29) is 5.91 Å². The molecule has 0 aliphatic carbocycles. The van der Waals surface area contributed by atoms with E-state index in [9.17, 15) is 4.79 Å². The summed E-state index contributed by atoms with van der Waals surface area (Å²) in [6, 6.07) is 22.1. The van der Waals surface area contributed by atoms with Crippen LogP contribution >= 0.6 is 11.6 Å². The highest BCUT2D eigenvalue weighted by atomic mass is 35.5. The molecule has 0 saturated carbocycles. The van der Waals surface area contributed by atoms with Crippen molar-refractivity contribution in [1.82, 2.24) is 14.7 Å². The maximum absolute atomic E-state index is 13.7. The van der Waals surface area contributed by atoms with Crippen LogP contribution in [-0.2, 0) is 29.0 Å². The number of carbonyl (C=O) groups is 1. The number of hydrogen-bond acceptors (Lipinski definition) is 5. The predicted molar refractivity (Wildman–Crippen MR) is 143 cm³/mol. The van der Waals surface area contributed by atoms with Gasteiger partial charge in [-0.1, -0.05) is 54.1 Å². The first kappa shape index (κ1) is 26.4. The molecule has 1 aromatic heterocycles. The second kappa shape index (κ2) is 13.6. The molecular weight excluding hydrogens is 474 g/mol. The lowest BCUT2D eigenvalue weighted by atomic mass is 10.1. The van der Waals surface area contributed by atoms with Crippen LogP contribution < -0.4 is 0 Å². The Hall–Kier alpha value is -2.64. The quantitative estimate of drug-likeness (QED) is 0.356. The van der Waals surface area contributed by atoms with E-state index in [2.05, 4.69) is 28.0 Å². The Balaban J connectivity index is 1.45.